The summed E-state index contributed by atoms with van der Waals surface area (Å²) in [5, 5.41) is 0. The summed E-state index contributed by atoms with van der Waals surface area (Å²) in [7, 11) is -1.79. The summed E-state index contributed by atoms with van der Waals surface area (Å²) in [6, 6.07) is 5.31. The molecular formula is C12H19NO3S. The van der Waals surface area contributed by atoms with E-state index in [1.165, 1.54) is 13.4 Å². The van der Waals surface area contributed by atoms with E-state index in [-0.39, 0.29) is 0 Å². The van der Waals surface area contributed by atoms with Gasteiger partial charge in [0.2, 0.25) is 0 Å². The van der Waals surface area contributed by atoms with Gasteiger partial charge in [0.25, 0.3) is 0 Å². The lowest BCUT2D eigenvalue weighted by Crippen LogP contribution is -2.06. The minimum absolute atomic E-state index is 0.305. The molecular weight excluding hydrogens is 238 g/mol. The number of rotatable bonds is 6. The molecule has 0 aliphatic rings. The van der Waals surface area contributed by atoms with Gasteiger partial charge in [0.15, 0.2) is 9.84 Å². The third kappa shape index (κ3) is 3.71. The Bertz CT molecular complexity index is 469. The molecule has 0 radical (unpaired) electrons. The quantitative estimate of drug-likeness (QED) is 0.782. The van der Waals surface area contributed by atoms with Crippen LogP contribution in [0.1, 0.15) is 18.4 Å². The fourth-order valence-electron chi connectivity index (χ4n) is 1.80. The highest BCUT2D eigenvalue weighted by molar-refractivity contribution is 7.90. The molecule has 1 rings (SSSR count). The van der Waals surface area contributed by atoms with Gasteiger partial charge in [0.1, 0.15) is 10.6 Å². The second-order valence-electron chi connectivity index (χ2n) is 3.97. The maximum atomic E-state index is 11.8. The fourth-order valence-corrected chi connectivity index (χ4v) is 2.96. The van der Waals surface area contributed by atoms with Crippen molar-refractivity contribution < 1.29 is 13.2 Å². The SMILES string of the molecule is COc1cccc(CCCCN)c1S(C)(=O)=O. The molecule has 0 spiro atoms. The van der Waals surface area contributed by atoms with Crippen molar-refractivity contribution in [1.29, 1.82) is 0 Å². The smallest absolute Gasteiger partial charge is 0.179 e. The van der Waals surface area contributed by atoms with Gasteiger partial charge in [0.05, 0.1) is 7.11 Å². The van der Waals surface area contributed by atoms with E-state index < -0.39 is 9.84 Å². The van der Waals surface area contributed by atoms with Gasteiger partial charge in [-0.15, -0.1) is 0 Å². The van der Waals surface area contributed by atoms with Gasteiger partial charge < -0.3 is 10.5 Å². The fraction of sp³-hybridized carbons (Fsp3) is 0.500. The zero-order chi connectivity index (χ0) is 12.9. The van der Waals surface area contributed by atoms with Crippen LogP contribution in [0.3, 0.4) is 0 Å². The summed E-state index contributed by atoms with van der Waals surface area (Å²) >= 11 is 0. The van der Waals surface area contributed by atoms with E-state index in [0.29, 0.717) is 23.6 Å². The van der Waals surface area contributed by atoms with Gasteiger partial charge in [-0.25, -0.2) is 8.42 Å². The summed E-state index contributed by atoms with van der Waals surface area (Å²) in [4.78, 5) is 0.305. The van der Waals surface area contributed by atoms with E-state index in [4.69, 9.17) is 10.5 Å². The Morgan fingerprint density at radius 2 is 2.00 bits per heavy atom. The molecule has 2 N–H and O–H groups in total. The summed E-state index contributed by atoms with van der Waals surface area (Å²) < 4.78 is 28.6. The predicted molar refractivity (Wildman–Crippen MR) is 68.1 cm³/mol. The van der Waals surface area contributed by atoms with Gasteiger partial charge in [-0.1, -0.05) is 12.1 Å². The normalized spacial score (nSPS) is 11.5. The first-order valence-corrected chi connectivity index (χ1v) is 7.46. The molecule has 0 aromatic heterocycles. The lowest BCUT2D eigenvalue weighted by molar-refractivity contribution is 0.401. The summed E-state index contributed by atoms with van der Waals surface area (Å²) in [6.07, 6.45) is 3.68. The Morgan fingerprint density at radius 1 is 1.29 bits per heavy atom. The molecule has 0 heterocycles. The number of methoxy groups -OCH3 is 1. The number of hydrogen-bond donors (Lipinski definition) is 1. The molecule has 96 valence electrons. The van der Waals surface area contributed by atoms with Crippen LogP contribution in [0, 0.1) is 0 Å². The van der Waals surface area contributed by atoms with Crippen LogP contribution in [0.15, 0.2) is 23.1 Å². The number of benzene rings is 1. The Labute approximate surface area is 103 Å². The monoisotopic (exact) mass is 257 g/mol. The van der Waals surface area contributed by atoms with Crippen LogP contribution in [0.4, 0.5) is 0 Å². The van der Waals surface area contributed by atoms with Crippen molar-refractivity contribution in [2.45, 2.75) is 24.2 Å². The van der Waals surface area contributed by atoms with Gasteiger partial charge in [-0.3, -0.25) is 0 Å². The van der Waals surface area contributed by atoms with E-state index >= 15 is 0 Å². The Balaban J connectivity index is 3.12. The Kier molecular flexibility index (Phi) is 4.96. The van der Waals surface area contributed by atoms with Crippen LogP contribution in [0.2, 0.25) is 0 Å². The van der Waals surface area contributed by atoms with E-state index in [1.54, 1.807) is 6.07 Å². The Morgan fingerprint density at radius 3 is 2.53 bits per heavy atom. The number of unbranched alkanes of at least 4 members (excludes halogenated alkanes) is 1. The number of sulfone groups is 1. The second-order valence-corrected chi connectivity index (χ2v) is 5.92. The van der Waals surface area contributed by atoms with Crippen molar-refractivity contribution in [3.63, 3.8) is 0 Å². The highest BCUT2D eigenvalue weighted by atomic mass is 32.2. The van der Waals surface area contributed by atoms with Crippen molar-refractivity contribution >= 4 is 9.84 Å². The van der Waals surface area contributed by atoms with Gasteiger partial charge in [0, 0.05) is 6.26 Å². The lowest BCUT2D eigenvalue weighted by atomic mass is 10.1. The molecule has 0 saturated carbocycles. The number of ether oxygens (including phenoxy) is 1. The molecule has 4 nitrogen and oxygen atoms in total. The van der Waals surface area contributed by atoms with Crippen LogP contribution < -0.4 is 10.5 Å². The minimum Gasteiger partial charge on any atom is -0.495 e. The molecule has 1 aromatic carbocycles. The molecule has 0 fully saturated rings. The van der Waals surface area contributed by atoms with Crippen LogP contribution in [0.5, 0.6) is 5.75 Å². The average Bonchev–Trinajstić information content (AvgIpc) is 2.27. The first kappa shape index (κ1) is 14.0. The molecule has 0 saturated heterocycles. The molecule has 17 heavy (non-hydrogen) atoms. The second kappa shape index (κ2) is 6.02. The molecule has 0 unspecified atom stereocenters. The van der Waals surface area contributed by atoms with Gasteiger partial charge in [-0.2, -0.15) is 0 Å². The van der Waals surface area contributed by atoms with Crippen molar-refractivity contribution in [1.82, 2.24) is 0 Å². The Hall–Kier alpha value is -1.07. The van der Waals surface area contributed by atoms with E-state index in [2.05, 4.69) is 0 Å². The van der Waals surface area contributed by atoms with Crippen molar-refractivity contribution in [3.8, 4) is 5.75 Å². The zero-order valence-electron chi connectivity index (χ0n) is 10.3. The zero-order valence-corrected chi connectivity index (χ0v) is 11.1. The van der Waals surface area contributed by atoms with Crippen LogP contribution in [0.25, 0.3) is 0 Å². The van der Waals surface area contributed by atoms with Gasteiger partial charge >= 0.3 is 0 Å². The standard InChI is InChI=1S/C12H19NO3S/c1-16-11-8-5-7-10(6-3-4-9-13)12(11)17(2,14)15/h5,7-8H,3-4,6,9,13H2,1-2H3. The first-order valence-electron chi connectivity index (χ1n) is 5.56. The lowest BCUT2D eigenvalue weighted by Gasteiger charge is -2.12. The molecule has 5 heteroatoms. The molecule has 0 aliphatic carbocycles. The van der Waals surface area contributed by atoms with Crippen LogP contribution in [-0.4, -0.2) is 28.3 Å². The number of hydrogen-bond acceptors (Lipinski definition) is 4. The highest BCUT2D eigenvalue weighted by Crippen LogP contribution is 2.28. The van der Waals surface area contributed by atoms with Crippen molar-refractivity contribution in [3.05, 3.63) is 23.8 Å². The van der Waals surface area contributed by atoms with E-state index in [0.717, 1.165) is 18.4 Å². The number of nitrogens with two attached hydrogens (primary N) is 1. The predicted octanol–water partition coefficient (Wildman–Crippen LogP) is 1.38. The first-order chi connectivity index (χ1) is 8.00. The van der Waals surface area contributed by atoms with E-state index in [1.807, 2.05) is 12.1 Å². The van der Waals surface area contributed by atoms with Crippen LogP contribution in [-0.2, 0) is 16.3 Å². The average molecular weight is 257 g/mol. The van der Waals surface area contributed by atoms with E-state index in [9.17, 15) is 8.42 Å². The maximum absolute atomic E-state index is 11.8. The number of aryl methyl sites for hydroxylation is 1. The molecule has 0 bridgehead atoms. The third-order valence-corrected chi connectivity index (χ3v) is 3.76. The highest BCUT2D eigenvalue weighted by Gasteiger charge is 2.18. The largest absolute Gasteiger partial charge is 0.495 e. The minimum atomic E-state index is -3.27. The molecule has 0 amide bonds. The molecule has 0 atom stereocenters. The van der Waals surface area contributed by atoms with Crippen LogP contribution >= 0.6 is 0 Å². The topological polar surface area (TPSA) is 69.4 Å². The third-order valence-electron chi connectivity index (χ3n) is 2.55. The van der Waals surface area contributed by atoms with Crippen molar-refractivity contribution in [2.75, 3.05) is 19.9 Å². The van der Waals surface area contributed by atoms with Crippen molar-refractivity contribution in [2.24, 2.45) is 5.73 Å². The van der Waals surface area contributed by atoms with Gasteiger partial charge in [-0.05, 0) is 37.4 Å². The summed E-state index contributed by atoms with van der Waals surface area (Å²) in [5.41, 5.74) is 6.24. The molecule has 1 aromatic rings. The maximum Gasteiger partial charge on any atom is 0.179 e. The molecule has 0 aliphatic heterocycles. The summed E-state index contributed by atoms with van der Waals surface area (Å²) in [6.45, 7) is 0.623. The summed E-state index contributed by atoms with van der Waals surface area (Å²) in [5.74, 6) is 0.415.